The Kier molecular flexibility index (Phi) is 3.94. The number of hydrogen-bond donors (Lipinski definition) is 1. The van der Waals surface area contributed by atoms with Crippen molar-refractivity contribution in [2.75, 3.05) is 0 Å². The molecule has 1 nitrogen and oxygen atoms in total. The first-order chi connectivity index (χ1) is 9.02. The lowest BCUT2D eigenvalue weighted by atomic mass is 9.96. The molecule has 1 aliphatic rings. The van der Waals surface area contributed by atoms with E-state index in [2.05, 4.69) is 57.7 Å². The van der Waals surface area contributed by atoms with E-state index in [-0.39, 0.29) is 0 Å². The molecule has 1 saturated carbocycles. The van der Waals surface area contributed by atoms with E-state index in [0.717, 1.165) is 22.8 Å². The highest BCUT2D eigenvalue weighted by Gasteiger charge is 2.24. The van der Waals surface area contributed by atoms with Gasteiger partial charge in [-0.05, 0) is 67.9 Å². The number of hydrogen-bond acceptors (Lipinski definition) is 1. The van der Waals surface area contributed by atoms with Gasteiger partial charge in [0.05, 0.1) is 0 Å². The Hall–Kier alpha value is -1.76. The lowest BCUT2D eigenvalue weighted by molar-refractivity contribution is 1.04. The summed E-state index contributed by atoms with van der Waals surface area (Å²) >= 11 is 0. The number of nitrogens with two attached hydrogens (primary N) is 1. The predicted molar refractivity (Wildman–Crippen MR) is 83.7 cm³/mol. The minimum absolute atomic E-state index is 0.718. The van der Waals surface area contributed by atoms with E-state index >= 15 is 0 Å². The molecule has 1 aliphatic carbocycles. The molecule has 2 rings (SSSR count). The summed E-state index contributed by atoms with van der Waals surface area (Å²) in [6.07, 6.45) is 6.85. The van der Waals surface area contributed by atoms with Gasteiger partial charge in [-0.25, -0.2) is 0 Å². The molecule has 2 N–H and O–H groups in total. The third-order valence-corrected chi connectivity index (χ3v) is 3.76. The molecule has 1 aromatic rings. The van der Waals surface area contributed by atoms with Gasteiger partial charge in [0.15, 0.2) is 0 Å². The number of rotatable bonds is 4. The van der Waals surface area contributed by atoms with Crippen molar-refractivity contribution in [2.45, 2.75) is 33.6 Å². The summed E-state index contributed by atoms with van der Waals surface area (Å²) in [6.45, 7) is 10.5. The molecule has 19 heavy (non-hydrogen) atoms. The van der Waals surface area contributed by atoms with Gasteiger partial charge < -0.3 is 5.73 Å². The molecule has 1 fully saturated rings. The van der Waals surface area contributed by atoms with Gasteiger partial charge in [0.25, 0.3) is 0 Å². The Morgan fingerprint density at radius 3 is 2.53 bits per heavy atom. The molecule has 0 aromatic heterocycles. The third kappa shape index (κ3) is 3.17. The molecule has 0 atom stereocenters. The van der Waals surface area contributed by atoms with Crippen molar-refractivity contribution in [3.05, 3.63) is 64.9 Å². The standard InChI is InChI=1S/C18H23N/c1-5-15(16-7-8-16)11-18(19)14(4)17-9-6-12(2)10-13(17)3/h5-6,9-11,16H,4,7-8,19H2,1-3H3/b15-5+,18-11+. The van der Waals surface area contributed by atoms with Gasteiger partial charge in [0.1, 0.15) is 0 Å². The number of benzene rings is 1. The Morgan fingerprint density at radius 2 is 2.00 bits per heavy atom. The van der Waals surface area contributed by atoms with E-state index in [4.69, 9.17) is 5.73 Å². The van der Waals surface area contributed by atoms with Gasteiger partial charge in [0, 0.05) is 5.70 Å². The second kappa shape index (κ2) is 5.48. The molecular formula is C18H23N. The van der Waals surface area contributed by atoms with Crippen LogP contribution in [0, 0.1) is 19.8 Å². The number of allylic oxidation sites excluding steroid dienone is 4. The smallest absolute Gasteiger partial charge is 0.0390 e. The van der Waals surface area contributed by atoms with E-state index < -0.39 is 0 Å². The first-order valence-electron chi connectivity index (χ1n) is 6.93. The summed E-state index contributed by atoms with van der Waals surface area (Å²) in [6, 6.07) is 6.39. The maximum absolute atomic E-state index is 6.22. The average Bonchev–Trinajstić information content (AvgIpc) is 3.19. The highest BCUT2D eigenvalue weighted by molar-refractivity contribution is 5.78. The molecule has 0 saturated heterocycles. The molecule has 0 radical (unpaired) electrons. The molecule has 0 bridgehead atoms. The quantitative estimate of drug-likeness (QED) is 0.785. The highest BCUT2D eigenvalue weighted by Crippen LogP contribution is 2.38. The summed E-state index contributed by atoms with van der Waals surface area (Å²) in [5, 5.41) is 0. The van der Waals surface area contributed by atoms with Gasteiger partial charge in [-0.3, -0.25) is 0 Å². The first-order valence-corrected chi connectivity index (χ1v) is 6.93. The normalized spacial score (nSPS) is 16.6. The summed E-state index contributed by atoms with van der Waals surface area (Å²) in [5.74, 6) is 0.718. The van der Waals surface area contributed by atoms with Gasteiger partial charge in [-0.2, -0.15) is 0 Å². The van der Waals surface area contributed by atoms with E-state index in [1.165, 1.54) is 29.5 Å². The Bertz CT molecular complexity index is 557. The molecular weight excluding hydrogens is 230 g/mol. The minimum atomic E-state index is 0.718. The summed E-state index contributed by atoms with van der Waals surface area (Å²) in [5.41, 5.74) is 12.9. The largest absolute Gasteiger partial charge is 0.398 e. The van der Waals surface area contributed by atoms with Crippen molar-refractivity contribution in [1.29, 1.82) is 0 Å². The van der Waals surface area contributed by atoms with Crippen molar-refractivity contribution < 1.29 is 0 Å². The molecule has 0 heterocycles. The topological polar surface area (TPSA) is 26.0 Å². The second-order valence-corrected chi connectivity index (χ2v) is 5.46. The van der Waals surface area contributed by atoms with Crippen LogP contribution in [0.15, 0.2) is 48.2 Å². The summed E-state index contributed by atoms with van der Waals surface area (Å²) < 4.78 is 0. The fourth-order valence-electron chi connectivity index (χ4n) is 2.43. The molecule has 1 aromatic carbocycles. The van der Waals surface area contributed by atoms with Crippen LogP contribution in [-0.4, -0.2) is 0 Å². The van der Waals surface area contributed by atoms with Crippen LogP contribution < -0.4 is 5.73 Å². The molecule has 100 valence electrons. The third-order valence-electron chi connectivity index (χ3n) is 3.76. The first kappa shape index (κ1) is 13.7. The molecule has 0 unspecified atom stereocenters. The Labute approximate surface area is 116 Å². The van der Waals surface area contributed by atoms with Gasteiger partial charge in [0.2, 0.25) is 0 Å². The summed E-state index contributed by atoms with van der Waals surface area (Å²) in [7, 11) is 0. The fourth-order valence-corrected chi connectivity index (χ4v) is 2.43. The maximum atomic E-state index is 6.22. The van der Waals surface area contributed by atoms with Crippen molar-refractivity contribution in [3.8, 4) is 0 Å². The van der Waals surface area contributed by atoms with Crippen LogP contribution in [0.25, 0.3) is 5.57 Å². The van der Waals surface area contributed by atoms with E-state index in [9.17, 15) is 0 Å². The van der Waals surface area contributed by atoms with E-state index in [1.54, 1.807) is 0 Å². The van der Waals surface area contributed by atoms with Crippen molar-refractivity contribution in [1.82, 2.24) is 0 Å². The van der Waals surface area contributed by atoms with Gasteiger partial charge in [-0.1, -0.05) is 36.4 Å². The summed E-state index contributed by atoms with van der Waals surface area (Å²) in [4.78, 5) is 0. The van der Waals surface area contributed by atoms with Crippen molar-refractivity contribution >= 4 is 5.57 Å². The Balaban J connectivity index is 2.25. The monoisotopic (exact) mass is 253 g/mol. The van der Waals surface area contributed by atoms with Gasteiger partial charge >= 0.3 is 0 Å². The zero-order valence-electron chi connectivity index (χ0n) is 12.2. The highest BCUT2D eigenvalue weighted by atomic mass is 14.6. The van der Waals surface area contributed by atoms with Crippen LogP contribution in [0.2, 0.25) is 0 Å². The molecule has 0 aliphatic heterocycles. The van der Waals surface area contributed by atoms with Gasteiger partial charge in [-0.15, -0.1) is 0 Å². The minimum Gasteiger partial charge on any atom is -0.398 e. The maximum Gasteiger partial charge on any atom is 0.0390 e. The molecule has 0 spiro atoms. The fraction of sp³-hybridized carbons (Fsp3) is 0.333. The van der Waals surface area contributed by atoms with E-state index in [0.29, 0.717) is 0 Å². The van der Waals surface area contributed by atoms with E-state index in [1.807, 2.05) is 0 Å². The lowest BCUT2D eigenvalue weighted by Crippen LogP contribution is -2.02. The van der Waals surface area contributed by atoms with Crippen LogP contribution in [0.1, 0.15) is 36.5 Å². The molecule has 0 amide bonds. The van der Waals surface area contributed by atoms with Crippen molar-refractivity contribution in [3.63, 3.8) is 0 Å². The van der Waals surface area contributed by atoms with Crippen LogP contribution in [0.3, 0.4) is 0 Å². The molecule has 1 heteroatoms. The number of aryl methyl sites for hydroxylation is 2. The van der Waals surface area contributed by atoms with Crippen LogP contribution in [0.5, 0.6) is 0 Å². The second-order valence-electron chi connectivity index (χ2n) is 5.46. The SMILES string of the molecule is C=C(/C(N)=C\C(=C/C)C1CC1)c1ccc(C)cc1C. The predicted octanol–water partition coefficient (Wildman–Crippen LogP) is 4.52. The Morgan fingerprint density at radius 1 is 1.32 bits per heavy atom. The zero-order chi connectivity index (χ0) is 14.0. The van der Waals surface area contributed by atoms with Crippen LogP contribution in [0.4, 0.5) is 0 Å². The van der Waals surface area contributed by atoms with Crippen molar-refractivity contribution in [2.24, 2.45) is 11.7 Å². The van der Waals surface area contributed by atoms with Crippen LogP contribution >= 0.6 is 0 Å². The lowest BCUT2D eigenvalue weighted by Gasteiger charge is -2.11. The zero-order valence-corrected chi connectivity index (χ0v) is 12.2. The van der Waals surface area contributed by atoms with Crippen LogP contribution in [-0.2, 0) is 0 Å². The average molecular weight is 253 g/mol.